The third-order valence-electron chi connectivity index (χ3n) is 10.2. The minimum Gasteiger partial charge on any atom is -0.356 e. The van der Waals surface area contributed by atoms with Crippen molar-refractivity contribution < 1.29 is 0 Å². The highest BCUT2D eigenvalue weighted by molar-refractivity contribution is 6.15. The molecule has 1 heterocycles. The molecule has 0 aliphatic heterocycles. The smallest absolute Gasteiger partial charge is 0.154 e. The molecule has 1 atom stereocenters. The van der Waals surface area contributed by atoms with Gasteiger partial charge in [-0.15, -0.1) is 0 Å². The van der Waals surface area contributed by atoms with Crippen LogP contribution in [0.1, 0.15) is 31.4 Å². The average Bonchev–Trinajstić information content (AvgIpc) is 3.21. The molecule has 1 unspecified atom stereocenters. The van der Waals surface area contributed by atoms with Crippen molar-refractivity contribution in [2.75, 3.05) is 7.05 Å². The van der Waals surface area contributed by atoms with E-state index >= 15 is 0 Å². The number of fused-ring (bicyclic) bond motifs is 4. The van der Waals surface area contributed by atoms with Gasteiger partial charge in [-0.05, 0) is 88.2 Å². The van der Waals surface area contributed by atoms with Crippen molar-refractivity contribution in [3.63, 3.8) is 0 Å². The van der Waals surface area contributed by atoms with Gasteiger partial charge in [0.2, 0.25) is 0 Å². The Morgan fingerprint density at radius 1 is 0.577 bits per heavy atom. The fourth-order valence-corrected chi connectivity index (χ4v) is 7.02. The van der Waals surface area contributed by atoms with Crippen LogP contribution in [-0.2, 0) is 0 Å². The van der Waals surface area contributed by atoms with E-state index in [-0.39, 0.29) is 11.9 Å². The minimum absolute atomic E-state index is 0.250. The molecule has 252 valence electrons. The molecule has 8 aromatic rings. The van der Waals surface area contributed by atoms with E-state index < -0.39 is 0 Å². The van der Waals surface area contributed by atoms with Gasteiger partial charge in [0.05, 0.1) is 11.2 Å². The molecular weight excluding hydrogens is 633 g/mol. The van der Waals surface area contributed by atoms with Crippen LogP contribution in [-0.4, -0.2) is 34.6 Å². The highest BCUT2D eigenvalue weighted by Gasteiger charge is 2.18. The van der Waals surface area contributed by atoms with Gasteiger partial charge >= 0.3 is 0 Å². The molecule has 0 aliphatic carbocycles. The standard InChI is InChI=1S/C48H40N4/c1-4-32(2)52(3)48(51-47(49)33-15-6-5-7-16-33)41-24-14-22-37(29-41)35-20-12-19-34(27-35)36-21-13-23-40(28-36)46-44-31-39-18-9-8-17-38(39)30-43(44)42-25-10-11-26-45(42)50-46/h5-32,49H,4H2,1-3H3. The lowest BCUT2D eigenvalue weighted by Crippen LogP contribution is -2.36. The average molecular weight is 673 g/mol. The van der Waals surface area contributed by atoms with Crippen LogP contribution < -0.4 is 0 Å². The maximum Gasteiger partial charge on any atom is 0.154 e. The Hall–Kier alpha value is -6.39. The third-order valence-corrected chi connectivity index (χ3v) is 10.2. The van der Waals surface area contributed by atoms with E-state index in [1.54, 1.807) is 0 Å². The number of nitrogens with one attached hydrogen (secondary N) is 1. The maximum atomic E-state index is 8.82. The van der Waals surface area contributed by atoms with Crippen molar-refractivity contribution in [1.82, 2.24) is 9.88 Å². The summed E-state index contributed by atoms with van der Waals surface area (Å²) in [6, 6.07) is 57.6. The molecule has 0 saturated carbocycles. The van der Waals surface area contributed by atoms with Crippen molar-refractivity contribution in [3.8, 4) is 33.5 Å². The van der Waals surface area contributed by atoms with E-state index in [1.165, 1.54) is 21.5 Å². The fraction of sp³-hybridized carbons (Fsp3) is 0.104. The van der Waals surface area contributed by atoms with Gasteiger partial charge in [-0.3, -0.25) is 5.41 Å². The van der Waals surface area contributed by atoms with Gasteiger partial charge in [-0.2, -0.15) is 0 Å². The summed E-state index contributed by atoms with van der Waals surface area (Å²) in [5, 5.41) is 14.8. The number of aliphatic imine (C=N–C) groups is 1. The second-order valence-electron chi connectivity index (χ2n) is 13.5. The Morgan fingerprint density at radius 2 is 1.12 bits per heavy atom. The predicted octanol–water partition coefficient (Wildman–Crippen LogP) is 12.0. The van der Waals surface area contributed by atoms with E-state index in [4.69, 9.17) is 15.4 Å². The van der Waals surface area contributed by atoms with Gasteiger partial charge in [0.25, 0.3) is 0 Å². The minimum atomic E-state index is 0.250. The van der Waals surface area contributed by atoms with Crippen LogP contribution in [0.3, 0.4) is 0 Å². The number of amidine groups is 2. The number of nitrogens with zero attached hydrogens (tertiary/aromatic N) is 3. The van der Waals surface area contributed by atoms with E-state index in [0.717, 1.165) is 67.8 Å². The number of hydrogen-bond acceptors (Lipinski definition) is 2. The van der Waals surface area contributed by atoms with Crippen LogP contribution in [0.15, 0.2) is 169 Å². The van der Waals surface area contributed by atoms with Crippen LogP contribution in [0.25, 0.3) is 66.0 Å². The van der Waals surface area contributed by atoms with Gasteiger partial charge < -0.3 is 4.90 Å². The zero-order valence-corrected chi connectivity index (χ0v) is 29.7. The molecule has 0 bridgehead atoms. The first-order chi connectivity index (χ1) is 25.5. The Kier molecular flexibility index (Phi) is 8.88. The van der Waals surface area contributed by atoms with Crippen LogP contribution in [0, 0.1) is 5.41 Å². The van der Waals surface area contributed by atoms with Crippen molar-refractivity contribution in [2.45, 2.75) is 26.3 Å². The highest BCUT2D eigenvalue weighted by atomic mass is 15.2. The summed E-state index contributed by atoms with van der Waals surface area (Å²) in [4.78, 5) is 12.3. The maximum absolute atomic E-state index is 8.82. The summed E-state index contributed by atoms with van der Waals surface area (Å²) >= 11 is 0. The van der Waals surface area contributed by atoms with E-state index in [0.29, 0.717) is 0 Å². The first-order valence-corrected chi connectivity index (χ1v) is 18.0. The molecule has 7 aromatic carbocycles. The van der Waals surface area contributed by atoms with Crippen LogP contribution in [0.5, 0.6) is 0 Å². The first-order valence-electron chi connectivity index (χ1n) is 18.0. The predicted molar refractivity (Wildman–Crippen MR) is 220 cm³/mol. The molecule has 4 nitrogen and oxygen atoms in total. The summed E-state index contributed by atoms with van der Waals surface area (Å²) in [7, 11) is 2.07. The number of para-hydroxylation sites is 1. The third kappa shape index (κ3) is 6.36. The van der Waals surface area contributed by atoms with Crippen molar-refractivity contribution in [2.24, 2.45) is 4.99 Å². The van der Waals surface area contributed by atoms with Crippen LogP contribution >= 0.6 is 0 Å². The molecule has 1 N–H and O–H groups in total. The number of aromatic nitrogens is 1. The van der Waals surface area contributed by atoms with Crippen LogP contribution in [0.4, 0.5) is 0 Å². The van der Waals surface area contributed by atoms with E-state index in [9.17, 15) is 0 Å². The number of rotatable bonds is 7. The zero-order valence-electron chi connectivity index (χ0n) is 29.7. The summed E-state index contributed by atoms with van der Waals surface area (Å²) < 4.78 is 0. The molecule has 0 saturated heterocycles. The molecule has 1 aromatic heterocycles. The molecule has 4 heteroatoms. The second-order valence-corrected chi connectivity index (χ2v) is 13.5. The monoisotopic (exact) mass is 672 g/mol. The topological polar surface area (TPSA) is 52.3 Å². The SMILES string of the molecule is CCC(C)N(C)C(=NC(=N)c1ccccc1)c1cccc(-c2cccc(-c3cccc(-c4nc5ccccc5c5cc6ccccc6cc45)c3)c2)c1. The molecular formula is C48H40N4. The quantitative estimate of drug-likeness (QED) is 0.0793. The second kappa shape index (κ2) is 14.1. The Labute approximate surface area is 305 Å². The molecule has 52 heavy (non-hydrogen) atoms. The van der Waals surface area contributed by atoms with Crippen molar-refractivity contribution in [1.29, 1.82) is 5.41 Å². The zero-order chi connectivity index (χ0) is 35.6. The first kappa shape index (κ1) is 32.8. The molecule has 0 aliphatic rings. The lowest BCUT2D eigenvalue weighted by atomic mass is 9.94. The van der Waals surface area contributed by atoms with E-state index in [2.05, 4.69) is 159 Å². The molecule has 0 amide bonds. The largest absolute Gasteiger partial charge is 0.356 e. The molecule has 0 spiro atoms. The fourth-order valence-electron chi connectivity index (χ4n) is 7.02. The number of pyridine rings is 1. The lowest BCUT2D eigenvalue weighted by Gasteiger charge is -2.28. The van der Waals surface area contributed by atoms with Gasteiger partial charge in [0.15, 0.2) is 5.84 Å². The van der Waals surface area contributed by atoms with Gasteiger partial charge in [0, 0.05) is 40.6 Å². The van der Waals surface area contributed by atoms with Crippen molar-refractivity contribution >= 4 is 44.1 Å². The molecule has 8 rings (SSSR count). The lowest BCUT2D eigenvalue weighted by molar-refractivity contribution is 0.382. The highest BCUT2D eigenvalue weighted by Crippen LogP contribution is 2.37. The number of benzene rings is 7. The summed E-state index contributed by atoms with van der Waals surface area (Å²) in [5.41, 5.74) is 9.34. The van der Waals surface area contributed by atoms with Crippen LogP contribution in [0.2, 0.25) is 0 Å². The Balaban J connectivity index is 1.19. The molecule has 0 fully saturated rings. The normalized spacial score (nSPS) is 12.3. The summed E-state index contributed by atoms with van der Waals surface area (Å²) in [5.74, 6) is 1.04. The number of hydrogen-bond donors (Lipinski definition) is 1. The summed E-state index contributed by atoms with van der Waals surface area (Å²) in [6.07, 6.45) is 0.968. The summed E-state index contributed by atoms with van der Waals surface area (Å²) in [6.45, 7) is 4.38. The van der Waals surface area contributed by atoms with Gasteiger partial charge in [-0.25, -0.2) is 9.98 Å². The van der Waals surface area contributed by atoms with Gasteiger partial charge in [0.1, 0.15) is 5.84 Å². The Morgan fingerprint density at radius 3 is 1.81 bits per heavy atom. The molecule has 0 radical (unpaired) electrons. The van der Waals surface area contributed by atoms with Gasteiger partial charge in [-0.1, -0.05) is 134 Å². The Bertz CT molecular complexity index is 2620. The van der Waals surface area contributed by atoms with Crippen molar-refractivity contribution in [3.05, 3.63) is 175 Å². The van der Waals surface area contributed by atoms with E-state index in [1.807, 2.05) is 30.3 Å².